The van der Waals surface area contributed by atoms with E-state index in [-0.39, 0.29) is 0 Å². The SMILES string of the molecule is CNCc1nc(-c2cnc(N)c3cc(-c4ccnc(C)c4C)ccc23)sc1C1CCOCC1. The van der Waals surface area contributed by atoms with Gasteiger partial charge in [-0.2, -0.15) is 0 Å². The van der Waals surface area contributed by atoms with Gasteiger partial charge in [0.15, 0.2) is 0 Å². The Hall–Kier alpha value is -2.87. The number of anilines is 1. The molecule has 3 aromatic heterocycles. The third-order valence-corrected chi connectivity index (χ3v) is 7.87. The number of rotatable bonds is 5. The lowest BCUT2D eigenvalue weighted by Crippen LogP contribution is -2.16. The number of fused-ring (bicyclic) bond motifs is 1. The highest BCUT2D eigenvalue weighted by Crippen LogP contribution is 2.41. The predicted octanol–water partition coefficient (Wildman–Crippen LogP) is 5.23. The van der Waals surface area contributed by atoms with Crippen molar-refractivity contribution < 1.29 is 4.74 Å². The molecule has 1 aliphatic rings. The second kappa shape index (κ2) is 9.17. The van der Waals surface area contributed by atoms with Crippen molar-refractivity contribution >= 4 is 27.9 Å². The molecule has 33 heavy (non-hydrogen) atoms. The Morgan fingerprint density at radius 3 is 2.70 bits per heavy atom. The van der Waals surface area contributed by atoms with E-state index in [0.29, 0.717) is 11.7 Å². The van der Waals surface area contributed by atoms with Crippen molar-refractivity contribution in [3.63, 3.8) is 0 Å². The van der Waals surface area contributed by atoms with Crippen LogP contribution in [0.15, 0.2) is 36.7 Å². The highest BCUT2D eigenvalue weighted by molar-refractivity contribution is 7.15. The lowest BCUT2D eigenvalue weighted by molar-refractivity contribution is 0.0858. The van der Waals surface area contributed by atoms with Crippen molar-refractivity contribution in [2.24, 2.45) is 0 Å². The molecule has 0 spiro atoms. The first-order valence-corrected chi connectivity index (χ1v) is 12.2. The molecule has 4 heterocycles. The number of aromatic nitrogens is 3. The van der Waals surface area contributed by atoms with Gasteiger partial charge in [0.25, 0.3) is 0 Å². The normalized spacial score (nSPS) is 14.8. The average molecular weight is 460 g/mol. The van der Waals surface area contributed by atoms with Crippen molar-refractivity contribution in [2.45, 2.75) is 39.2 Å². The van der Waals surface area contributed by atoms with Gasteiger partial charge in [0, 0.05) is 53.7 Å². The van der Waals surface area contributed by atoms with Crippen LogP contribution in [0.4, 0.5) is 5.82 Å². The molecule has 0 aliphatic carbocycles. The number of nitrogens with one attached hydrogen (secondary N) is 1. The summed E-state index contributed by atoms with van der Waals surface area (Å²) in [4.78, 5) is 15.4. The first-order chi connectivity index (χ1) is 16.1. The Balaban J connectivity index is 1.62. The van der Waals surface area contributed by atoms with Crippen molar-refractivity contribution in [3.8, 4) is 21.7 Å². The summed E-state index contributed by atoms with van der Waals surface area (Å²) in [6.07, 6.45) is 5.83. The van der Waals surface area contributed by atoms with Gasteiger partial charge in [-0.3, -0.25) is 4.98 Å². The van der Waals surface area contributed by atoms with Crippen LogP contribution in [0.2, 0.25) is 0 Å². The van der Waals surface area contributed by atoms with Crippen LogP contribution in [0.3, 0.4) is 0 Å². The zero-order valence-electron chi connectivity index (χ0n) is 19.3. The Kier molecular flexibility index (Phi) is 6.10. The standard InChI is InChI=1S/C26H29N5OS/c1-15-16(2)29-9-6-19(15)18-4-5-20-21(12-18)25(27)30-13-22(20)26-31-23(14-28-3)24(33-26)17-7-10-32-11-8-17/h4-6,9,12-13,17,28H,7-8,10-11,14H2,1-3H3,(H2,27,30). The summed E-state index contributed by atoms with van der Waals surface area (Å²) in [6.45, 7) is 6.54. The third kappa shape index (κ3) is 4.12. The van der Waals surface area contributed by atoms with E-state index in [1.54, 1.807) is 11.3 Å². The zero-order valence-corrected chi connectivity index (χ0v) is 20.1. The van der Waals surface area contributed by atoms with Crippen LogP contribution in [-0.4, -0.2) is 35.2 Å². The molecule has 0 saturated carbocycles. The molecule has 6 nitrogen and oxygen atoms in total. The van der Waals surface area contributed by atoms with E-state index in [0.717, 1.165) is 70.9 Å². The number of pyridine rings is 2. The maximum Gasteiger partial charge on any atom is 0.131 e. The number of nitrogens with two attached hydrogens (primary N) is 1. The van der Waals surface area contributed by atoms with E-state index in [2.05, 4.69) is 46.5 Å². The first-order valence-electron chi connectivity index (χ1n) is 11.4. The van der Waals surface area contributed by atoms with E-state index in [1.165, 1.54) is 16.0 Å². The minimum Gasteiger partial charge on any atom is -0.383 e. The minimum absolute atomic E-state index is 0.505. The minimum atomic E-state index is 0.505. The number of nitrogens with zero attached hydrogens (tertiary/aromatic N) is 3. The molecule has 0 amide bonds. The van der Waals surface area contributed by atoms with Crippen LogP contribution in [0.25, 0.3) is 32.5 Å². The van der Waals surface area contributed by atoms with Gasteiger partial charge in [-0.15, -0.1) is 11.3 Å². The fraction of sp³-hybridized carbons (Fsp3) is 0.346. The van der Waals surface area contributed by atoms with Gasteiger partial charge in [0.2, 0.25) is 0 Å². The molecule has 1 saturated heterocycles. The monoisotopic (exact) mass is 459 g/mol. The highest BCUT2D eigenvalue weighted by Gasteiger charge is 2.24. The molecule has 0 radical (unpaired) electrons. The second-order valence-electron chi connectivity index (χ2n) is 8.63. The Morgan fingerprint density at radius 2 is 1.91 bits per heavy atom. The van der Waals surface area contributed by atoms with E-state index in [4.69, 9.17) is 15.5 Å². The quantitative estimate of drug-likeness (QED) is 0.425. The molecule has 3 N–H and O–H groups in total. The Morgan fingerprint density at radius 1 is 1.09 bits per heavy atom. The summed E-state index contributed by atoms with van der Waals surface area (Å²) in [6, 6.07) is 8.52. The van der Waals surface area contributed by atoms with Crippen LogP contribution < -0.4 is 11.1 Å². The van der Waals surface area contributed by atoms with Crippen molar-refractivity contribution in [2.75, 3.05) is 26.0 Å². The number of thiazole rings is 1. The maximum absolute atomic E-state index is 6.35. The number of hydrogen-bond donors (Lipinski definition) is 2. The topological polar surface area (TPSA) is 86.0 Å². The molecule has 4 aromatic rings. The fourth-order valence-electron chi connectivity index (χ4n) is 4.61. The van der Waals surface area contributed by atoms with Gasteiger partial charge in [-0.05, 0) is 73.9 Å². The zero-order chi connectivity index (χ0) is 22.9. The van der Waals surface area contributed by atoms with E-state index >= 15 is 0 Å². The lowest BCUT2D eigenvalue weighted by Gasteiger charge is -2.21. The van der Waals surface area contributed by atoms with Crippen LogP contribution in [0.1, 0.15) is 40.6 Å². The summed E-state index contributed by atoms with van der Waals surface area (Å²) in [7, 11) is 1.97. The number of nitrogen functional groups attached to an aromatic ring is 1. The molecule has 5 rings (SSSR count). The third-order valence-electron chi connectivity index (χ3n) is 6.58. The summed E-state index contributed by atoms with van der Waals surface area (Å²) in [5.74, 6) is 1.04. The molecule has 1 aliphatic heterocycles. The largest absolute Gasteiger partial charge is 0.383 e. The molecular formula is C26H29N5OS. The molecule has 0 unspecified atom stereocenters. The molecule has 1 fully saturated rings. The maximum atomic E-state index is 6.35. The molecule has 170 valence electrons. The van der Waals surface area contributed by atoms with Gasteiger partial charge < -0.3 is 15.8 Å². The van der Waals surface area contributed by atoms with Gasteiger partial charge in [-0.25, -0.2) is 9.97 Å². The van der Waals surface area contributed by atoms with Crippen LogP contribution in [0.5, 0.6) is 0 Å². The molecule has 0 atom stereocenters. The molecular weight excluding hydrogens is 430 g/mol. The summed E-state index contributed by atoms with van der Waals surface area (Å²) >= 11 is 1.79. The van der Waals surface area contributed by atoms with Gasteiger partial charge >= 0.3 is 0 Å². The highest BCUT2D eigenvalue weighted by atomic mass is 32.1. The molecule has 1 aromatic carbocycles. The lowest BCUT2D eigenvalue weighted by atomic mass is 9.96. The molecule has 7 heteroatoms. The van der Waals surface area contributed by atoms with E-state index in [1.807, 2.05) is 26.4 Å². The van der Waals surface area contributed by atoms with Gasteiger partial charge in [0.1, 0.15) is 10.8 Å². The van der Waals surface area contributed by atoms with Crippen molar-refractivity contribution in [1.82, 2.24) is 20.3 Å². The van der Waals surface area contributed by atoms with Crippen LogP contribution in [-0.2, 0) is 11.3 Å². The van der Waals surface area contributed by atoms with Crippen molar-refractivity contribution in [3.05, 3.63) is 58.5 Å². The van der Waals surface area contributed by atoms with Gasteiger partial charge in [0.05, 0.1) is 5.69 Å². The van der Waals surface area contributed by atoms with Crippen molar-refractivity contribution in [1.29, 1.82) is 0 Å². The Bertz CT molecular complexity index is 1310. The van der Waals surface area contributed by atoms with E-state index in [9.17, 15) is 0 Å². The number of benzene rings is 1. The Labute approximate surface area is 198 Å². The van der Waals surface area contributed by atoms with E-state index < -0.39 is 0 Å². The first kappa shape index (κ1) is 21.9. The predicted molar refractivity (Wildman–Crippen MR) is 136 cm³/mol. The number of aryl methyl sites for hydroxylation is 1. The average Bonchev–Trinajstić information content (AvgIpc) is 3.25. The number of ether oxygens (including phenoxy) is 1. The number of hydrogen-bond acceptors (Lipinski definition) is 7. The smallest absolute Gasteiger partial charge is 0.131 e. The summed E-state index contributed by atoms with van der Waals surface area (Å²) < 4.78 is 5.59. The van der Waals surface area contributed by atoms with Crippen LogP contribution >= 0.6 is 11.3 Å². The summed E-state index contributed by atoms with van der Waals surface area (Å²) in [5.41, 5.74) is 13.0. The molecule has 0 bridgehead atoms. The van der Waals surface area contributed by atoms with Gasteiger partial charge in [-0.1, -0.05) is 12.1 Å². The summed E-state index contributed by atoms with van der Waals surface area (Å²) in [5, 5.41) is 6.32. The second-order valence-corrected chi connectivity index (χ2v) is 9.66. The van der Waals surface area contributed by atoms with Crippen LogP contribution in [0, 0.1) is 13.8 Å². The fourth-order valence-corrected chi connectivity index (χ4v) is 5.88.